The topological polar surface area (TPSA) is 25.8 Å². The summed E-state index contributed by atoms with van der Waals surface area (Å²) >= 11 is 0. The van der Waals surface area contributed by atoms with Crippen molar-refractivity contribution in [1.82, 2.24) is 9.97 Å². The molecule has 0 unspecified atom stereocenters. The Balaban J connectivity index is 0.000000202. The fraction of sp³-hybridized carbons (Fsp3) is 0. The van der Waals surface area contributed by atoms with Crippen LogP contribution in [0.4, 0.5) is 8.78 Å². The van der Waals surface area contributed by atoms with Crippen molar-refractivity contribution in [3.8, 4) is 33.6 Å². The maximum atomic E-state index is 13.9. The molecular formula is C28H18F2IrN2-2. The monoisotopic (exact) mass is 613 g/mol. The third-order valence-corrected chi connectivity index (χ3v) is 4.64. The summed E-state index contributed by atoms with van der Waals surface area (Å²) in [5, 5.41) is 0. The Morgan fingerprint density at radius 2 is 1.42 bits per heavy atom. The molecule has 0 saturated carbocycles. The maximum absolute atomic E-state index is 13.9. The van der Waals surface area contributed by atoms with Crippen LogP contribution in [0.3, 0.4) is 0 Å². The van der Waals surface area contributed by atoms with E-state index in [0.29, 0.717) is 5.69 Å². The minimum Gasteiger partial charge on any atom is -0.305 e. The summed E-state index contributed by atoms with van der Waals surface area (Å²) in [6.07, 6.45) is 3.34. The maximum Gasteiger partial charge on any atom is 0.0407 e. The second-order valence-corrected chi connectivity index (χ2v) is 6.79. The minimum absolute atomic E-state index is 0. The zero-order valence-electron chi connectivity index (χ0n) is 17.4. The molecule has 5 heteroatoms. The molecular weight excluding hydrogens is 595 g/mol. The van der Waals surface area contributed by atoms with Gasteiger partial charge in [0.2, 0.25) is 0 Å². The summed E-state index contributed by atoms with van der Waals surface area (Å²) in [7, 11) is 0. The molecule has 33 heavy (non-hydrogen) atoms. The Morgan fingerprint density at radius 3 is 2.15 bits per heavy atom. The van der Waals surface area contributed by atoms with Crippen molar-refractivity contribution in [3.05, 3.63) is 133 Å². The van der Waals surface area contributed by atoms with Crippen LogP contribution in [0.2, 0.25) is 0 Å². The first-order chi connectivity index (χ1) is 15.7. The summed E-state index contributed by atoms with van der Waals surface area (Å²) in [5.74, 6) is -1.15. The van der Waals surface area contributed by atoms with Crippen molar-refractivity contribution in [2.75, 3.05) is 0 Å². The third-order valence-electron chi connectivity index (χ3n) is 4.64. The molecule has 0 spiro atoms. The van der Waals surface area contributed by atoms with Gasteiger partial charge in [0.05, 0.1) is 0 Å². The van der Waals surface area contributed by atoms with Gasteiger partial charge in [-0.25, -0.2) is 4.39 Å². The number of pyridine rings is 2. The molecule has 0 saturated heterocycles. The van der Waals surface area contributed by atoms with E-state index in [9.17, 15) is 8.78 Å². The van der Waals surface area contributed by atoms with Crippen LogP contribution in [0.1, 0.15) is 0 Å². The average molecular weight is 613 g/mol. The first-order valence-electron chi connectivity index (χ1n) is 9.98. The van der Waals surface area contributed by atoms with Crippen molar-refractivity contribution in [1.29, 1.82) is 0 Å². The molecule has 0 N–H and O–H groups in total. The predicted molar refractivity (Wildman–Crippen MR) is 122 cm³/mol. The Bertz CT molecular complexity index is 1240. The quantitative estimate of drug-likeness (QED) is 0.204. The van der Waals surface area contributed by atoms with E-state index in [1.54, 1.807) is 18.5 Å². The van der Waals surface area contributed by atoms with Crippen LogP contribution >= 0.6 is 0 Å². The van der Waals surface area contributed by atoms with Gasteiger partial charge in [-0.15, -0.1) is 54.1 Å². The van der Waals surface area contributed by atoms with Gasteiger partial charge in [-0.2, -0.15) is 0 Å². The summed E-state index contributed by atoms with van der Waals surface area (Å²) in [5.41, 5.74) is 4.08. The molecule has 0 fully saturated rings. The Labute approximate surface area is 205 Å². The van der Waals surface area contributed by atoms with Gasteiger partial charge in [-0.1, -0.05) is 54.1 Å². The standard InChI is InChI=1S/C17H10F2N.C11H8N.Ir/c18-13-8-9-16(19)15(11-13)17-14(7-4-10-20-17)12-5-2-1-3-6-12;1-2-6-10(7-3-1)11-8-4-5-9-12-11;/h1-10H;1-6,8-9H;/q2*-1;. The zero-order chi connectivity index (χ0) is 22.2. The average Bonchev–Trinajstić information content (AvgIpc) is 2.87. The molecule has 0 aliphatic rings. The van der Waals surface area contributed by atoms with Crippen molar-refractivity contribution in [2.24, 2.45) is 0 Å². The summed E-state index contributed by atoms with van der Waals surface area (Å²) in [6, 6.07) is 34.4. The predicted octanol–water partition coefficient (Wildman–Crippen LogP) is 7.04. The first kappa shape index (κ1) is 24.1. The molecule has 0 aliphatic carbocycles. The molecule has 5 rings (SSSR count). The molecule has 5 aromatic rings. The van der Waals surface area contributed by atoms with Gasteiger partial charge in [0, 0.05) is 44.1 Å². The van der Waals surface area contributed by atoms with E-state index in [1.165, 1.54) is 0 Å². The van der Waals surface area contributed by atoms with E-state index in [-0.39, 0.29) is 25.7 Å². The number of rotatable bonds is 3. The van der Waals surface area contributed by atoms with Crippen molar-refractivity contribution in [2.45, 2.75) is 0 Å². The van der Waals surface area contributed by atoms with Crippen molar-refractivity contribution >= 4 is 0 Å². The number of nitrogens with zero attached hydrogens (tertiary/aromatic N) is 2. The van der Waals surface area contributed by atoms with Gasteiger partial charge in [-0.3, -0.25) is 4.39 Å². The zero-order valence-corrected chi connectivity index (χ0v) is 19.8. The van der Waals surface area contributed by atoms with Crippen LogP contribution in [0.5, 0.6) is 0 Å². The number of aromatic nitrogens is 2. The van der Waals surface area contributed by atoms with Crippen LogP contribution in [0.25, 0.3) is 33.6 Å². The van der Waals surface area contributed by atoms with Gasteiger partial charge in [0.1, 0.15) is 0 Å². The van der Waals surface area contributed by atoms with E-state index in [2.05, 4.69) is 22.1 Å². The van der Waals surface area contributed by atoms with Gasteiger partial charge in [-0.05, 0) is 34.6 Å². The summed E-state index contributed by atoms with van der Waals surface area (Å²) in [4.78, 5) is 8.41. The van der Waals surface area contributed by atoms with Gasteiger partial charge < -0.3 is 9.97 Å². The molecule has 3 aromatic carbocycles. The van der Waals surface area contributed by atoms with Crippen LogP contribution in [-0.4, -0.2) is 9.97 Å². The molecule has 165 valence electrons. The second-order valence-electron chi connectivity index (χ2n) is 6.79. The van der Waals surface area contributed by atoms with E-state index in [0.717, 1.165) is 34.5 Å². The van der Waals surface area contributed by atoms with Crippen LogP contribution in [0.15, 0.2) is 109 Å². The normalized spacial score (nSPS) is 9.88. The SMILES string of the molecule is Fc1[c-]c(-c2ncccc2-c2ccccc2)c(F)cc1.[Ir].[c-]1ccccc1-c1ccccn1. The molecule has 0 aliphatic heterocycles. The van der Waals surface area contributed by atoms with E-state index in [4.69, 9.17) is 0 Å². The molecule has 1 radical (unpaired) electrons. The number of hydrogen-bond acceptors (Lipinski definition) is 2. The van der Waals surface area contributed by atoms with Gasteiger partial charge in [0.15, 0.2) is 0 Å². The Morgan fingerprint density at radius 1 is 0.667 bits per heavy atom. The molecule has 2 heterocycles. The molecule has 0 atom stereocenters. The molecule has 2 aromatic heterocycles. The van der Waals surface area contributed by atoms with E-state index >= 15 is 0 Å². The fourth-order valence-corrected chi connectivity index (χ4v) is 3.15. The molecule has 0 bridgehead atoms. The van der Waals surface area contributed by atoms with Crippen molar-refractivity contribution in [3.63, 3.8) is 0 Å². The van der Waals surface area contributed by atoms with E-state index < -0.39 is 11.6 Å². The number of benzene rings is 3. The number of halogens is 2. The van der Waals surface area contributed by atoms with E-state index in [1.807, 2.05) is 78.9 Å². The second kappa shape index (κ2) is 11.9. The first-order valence-corrected chi connectivity index (χ1v) is 9.98. The smallest absolute Gasteiger partial charge is 0.0407 e. The third kappa shape index (κ3) is 6.26. The van der Waals surface area contributed by atoms with Crippen LogP contribution in [0, 0.1) is 23.8 Å². The Kier molecular flexibility index (Phi) is 8.70. The molecule has 2 nitrogen and oxygen atoms in total. The van der Waals surface area contributed by atoms with Crippen LogP contribution in [-0.2, 0) is 20.1 Å². The summed E-state index contributed by atoms with van der Waals surface area (Å²) in [6.45, 7) is 0. The molecule has 0 amide bonds. The largest absolute Gasteiger partial charge is 0.305 e. The number of hydrogen-bond donors (Lipinski definition) is 0. The Hall–Kier alpha value is -3.53. The van der Waals surface area contributed by atoms with Gasteiger partial charge in [0.25, 0.3) is 0 Å². The fourth-order valence-electron chi connectivity index (χ4n) is 3.15. The summed E-state index contributed by atoms with van der Waals surface area (Å²) < 4.78 is 27.2. The van der Waals surface area contributed by atoms with Gasteiger partial charge >= 0.3 is 0 Å². The van der Waals surface area contributed by atoms with Crippen LogP contribution < -0.4 is 0 Å². The van der Waals surface area contributed by atoms with Crippen molar-refractivity contribution < 1.29 is 28.9 Å². The minimum atomic E-state index is -0.605.